The van der Waals surface area contributed by atoms with Gasteiger partial charge in [-0.25, -0.2) is 9.59 Å². The number of hydrogen-bond acceptors (Lipinski definition) is 5. The summed E-state index contributed by atoms with van der Waals surface area (Å²) < 4.78 is 10.9. The third-order valence-corrected chi connectivity index (χ3v) is 5.44. The summed E-state index contributed by atoms with van der Waals surface area (Å²) in [5.74, 6) is -1.02. The summed E-state index contributed by atoms with van der Waals surface area (Å²) in [6, 6.07) is 4.27. The molecule has 0 radical (unpaired) electrons. The van der Waals surface area contributed by atoms with E-state index in [9.17, 15) is 19.5 Å². The topological polar surface area (TPSA) is 105 Å². The van der Waals surface area contributed by atoms with Crippen molar-refractivity contribution in [1.29, 1.82) is 0 Å². The number of aliphatic carboxylic acids is 1. The lowest BCUT2D eigenvalue weighted by Crippen LogP contribution is -2.46. The Bertz CT molecular complexity index is 864. The standard InChI is InChI=1S/C24H36Cl2N2O6/c1-15-8-9-16(33-22(32)28(14-26)11-10-25)12-17(15)20(23(2,3)4)18(13-19(29)30)27-21(31)34-24(5,6)7/h8-9,12,18,20H,10-11,13-14H2,1-7H3,(H,27,31)(H,29,30)/t18-,20?/m1/s1. The molecule has 34 heavy (non-hydrogen) atoms. The van der Waals surface area contributed by atoms with Gasteiger partial charge in [-0.15, -0.1) is 23.2 Å². The number of ether oxygens (including phenoxy) is 2. The monoisotopic (exact) mass is 518 g/mol. The Morgan fingerprint density at radius 2 is 1.74 bits per heavy atom. The van der Waals surface area contributed by atoms with Gasteiger partial charge in [-0.3, -0.25) is 9.69 Å². The minimum absolute atomic E-state index is 0.0740. The lowest BCUT2D eigenvalue weighted by atomic mass is 9.70. The number of rotatable bonds is 9. The van der Waals surface area contributed by atoms with Crippen LogP contribution in [-0.2, 0) is 9.53 Å². The Labute approximate surface area is 211 Å². The summed E-state index contributed by atoms with van der Waals surface area (Å²) in [5, 5.41) is 12.3. The predicted octanol–water partition coefficient (Wildman–Crippen LogP) is 5.73. The highest BCUT2D eigenvalue weighted by Gasteiger charge is 2.38. The number of halogens is 2. The molecule has 1 unspecified atom stereocenters. The van der Waals surface area contributed by atoms with Crippen molar-refractivity contribution in [2.75, 3.05) is 18.4 Å². The highest BCUT2D eigenvalue weighted by molar-refractivity contribution is 6.19. The van der Waals surface area contributed by atoms with Gasteiger partial charge in [0.1, 0.15) is 11.4 Å². The van der Waals surface area contributed by atoms with Crippen LogP contribution in [0.3, 0.4) is 0 Å². The van der Waals surface area contributed by atoms with E-state index in [0.29, 0.717) is 0 Å². The molecule has 1 aromatic carbocycles. The molecule has 1 aromatic rings. The molecule has 2 N–H and O–H groups in total. The zero-order chi connectivity index (χ0) is 26.3. The molecule has 0 aliphatic carbocycles. The van der Waals surface area contributed by atoms with Crippen LogP contribution in [-0.4, -0.2) is 58.2 Å². The maximum Gasteiger partial charge on any atom is 0.416 e. The first kappa shape index (κ1) is 29.8. The minimum atomic E-state index is -1.06. The van der Waals surface area contributed by atoms with Gasteiger partial charge in [-0.1, -0.05) is 26.8 Å². The average Bonchev–Trinajstić information content (AvgIpc) is 2.65. The smallest absolute Gasteiger partial charge is 0.416 e. The number of aryl methyl sites for hydroxylation is 1. The number of carboxylic acid groups (broad SMARTS) is 1. The summed E-state index contributed by atoms with van der Waals surface area (Å²) >= 11 is 11.5. The van der Waals surface area contributed by atoms with Crippen LogP contribution in [0.1, 0.15) is 65.0 Å². The highest BCUT2D eigenvalue weighted by atomic mass is 35.5. The first-order chi connectivity index (χ1) is 15.6. The Kier molecular flexibility index (Phi) is 11.0. The maximum atomic E-state index is 12.6. The number of alkyl carbamates (subject to hydrolysis) is 1. The van der Waals surface area contributed by atoms with E-state index in [1.54, 1.807) is 39.0 Å². The van der Waals surface area contributed by atoms with Crippen LogP contribution in [0, 0.1) is 12.3 Å². The molecule has 8 nitrogen and oxygen atoms in total. The fraction of sp³-hybridized carbons (Fsp3) is 0.625. The third kappa shape index (κ3) is 9.58. The van der Waals surface area contributed by atoms with E-state index < -0.39 is 41.1 Å². The molecule has 0 saturated heterocycles. The lowest BCUT2D eigenvalue weighted by Gasteiger charge is -2.38. The van der Waals surface area contributed by atoms with Crippen LogP contribution < -0.4 is 10.1 Å². The first-order valence-corrected chi connectivity index (χ1v) is 12.1. The summed E-state index contributed by atoms with van der Waals surface area (Å²) in [6.07, 6.45) is -1.67. The molecule has 0 aromatic heterocycles. The molecule has 2 atom stereocenters. The van der Waals surface area contributed by atoms with Gasteiger partial charge >= 0.3 is 18.2 Å². The van der Waals surface area contributed by atoms with Crippen LogP contribution in [0.2, 0.25) is 0 Å². The number of hydrogen-bond donors (Lipinski definition) is 2. The van der Waals surface area contributed by atoms with Crippen molar-refractivity contribution in [2.45, 2.75) is 72.4 Å². The van der Waals surface area contributed by atoms with Crippen LogP contribution in [0.4, 0.5) is 9.59 Å². The Balaban J connectivity index is 3.41. The molecule has 2 amide bonds. The molecule has 0 heterocycles. The van der Waals surface area contributed by atoms with Crippen LogP contribution in [0.5, 0.6) is 5.75 Å². The quantitative estimate of drug-likeness (QED) is 0.319. The molecule has 0 aliphatic heterocycles. The number of carbonyl (C=O) groups excluding carboxylic acids is 2. The Hall–Kier alpha value is -2.19. The van der Waals surface area contributed by atoms with E-state index in [1.165, 1.54) is 4.90 Å². The van der Waals surface area contributed by atoms with Crippen molar-refractivity contribution < 1.29 is 29.0 Å². The molecule has 0 fully saturated rings. The molecule has 1 rings (SSSR count). The highest BCUT2D eigenvalue weighted by Crippen LogP contribution is 2.41. The molecule has 10 heteroatoms. The van der Waals surface area contributed by atoms with Crippen molar-refractivity contribution in [2.24, 2.45) is 5.41 Å². The summed E-state index contributed by atoms with van der Waals surface area (Å²) in [7, 11) is 0. The average molecular weight is 519 g/mol. The van der Waals surface area contributed by atoms with Gasteiger partial charge in [0.2, 0.25) is 0 Å². The SMILES string of the molecule is Cc1ccc(OC(=O)N(CCl)CCCl)cc1C([C@@H](CC(=O)O)NC(=O)OC(C)(C)C)C(C)(C)C. The molecule has 0 bridgehead atoms. The van der Waals surface area contributed by atoms with Gasteiger partial charge in [-0.2, -0.15) is 0 Å². The van der Waals surface area contributed by atoms with Crippen LogP contribution in [0.25, 0.3) is 0 Å². The second kappa shape index (κ2) is 12.5. The van der Waals surface area contributed by atoms with Crippen LogP contribution >= 0.6 is 23.2 Å². The van der Waals surface area contributed by atoms with Gasteiger partial charge in [0, 0.05) is 24.4 Å². The summed E-state index contributed by atoms with van der Waals surface area (Å²) in [4.78, 5) is 38.0. The number of amides is 2. The fourth-order valence-corrected chi connectivity index (χ4v) is 4.09. The summed E-state index contributed by atoms with van der Waals surface area (Å²) in [5.41, 5.74) is 0.394. The first-order valence-electron chi connectivity index (χ1n) is 11.0. The van der Waals surface area contributed by atoms with Crippen LogP contribution in [0.15, 0.2) is 18.2 Å². The lowest BCUT2D eigenvalue weighted by molar-refractivity contribution is -0.137. The van der Waals surface area contributed by atoms with E-state index in [-0.39, 0.29) is 30.6 Å². The molecular weight excluding hydrogens is 483 g/mol. The van der Waals surface area contributed by atoms with Gasteiger partial charge in [0.05, 0.1) is 12.4 Å². The zero-order valence-corrected chi connectivity index (χ0v) is 22.4. The second-order valence-electron chi connectivity index (χ2n) is 10.2. The number of nitrogens with one attached hydrogen (secondary N) is 1. The molecular formula is C24H36Cl2N2O6. The summed E-state index contributed by atoms with van der Waals surface area (Å²) in [6.45, 7) is 13.2. The Morgan fingerprint density at radius 3 is 2.21 bits per heavy atom. The minimum Gasteiger partial charge on any atom is -0.481 e. The van der Waals surface area contributed by atoms with E-state index in [2.05, 4.69) is 5.32 Å². The largest absolute Gasteiger partial charge is 0.481 e. The van der Waals surface area contributed by atoms with E-state index in [0.717, 1.165) is 11.1 Å². The van der Waals surface area contributed by atoms with E-state index >= 15 is 0 Å². The third-order valence-electron chi connectivity index (χ3n) is 4.98. The number of nitrogens with zero attached hydrogens (tertiary/aromatic N) is 1. The van der Waals surface area contributed by atoms with Crippen molar-refractivity contribution in [3.8, 4) is 5.75 Å². The Morgan fingerprint density at radius 1 is 1.12 bits per heavy atom. The van der Waals surface area contributed by atoms with E-state index in [1.807, 2.05) is 27.7 Å². The normalized spacial score (nSPS) is 13.6. The molecule has 192 valence electrons. The van der Waals surface area contributed by atoms with Gasteiger partial charge in [-0.05, 0) is 56.4 Å². The van der Waals surface area contributed by atoms with Gasteiger partial charge in [0.15, 0.2) is 0 Å². The van der Waals surface area contributed by atoms with Crippen molar-refractivity contribution in [1.82, 2.24) is 10.2 Å². The second-order valence-corrected chi connectivity index (χ2v) is 10.8. The zero-order valence-electron chi connectivity index (χ0n) is 20.9. The predicted molar refractivity (Wildman–Crippen MR) is 133 cm³/mol. The maximum absolute atomic E-state index is 12.6. The van der Waals surface area contributed by atoms with Crippen molar-refractivity contribution in [3.63, 3.8) is 0 Å². The molecule has 0 aliphatic rings. The van der Waals surface area contributed by atoms with Gasteiger partial charge < -0.3 is 19.9 Å². The molecule has 0 saturated carbocycles. The van der Waals surface area contributed by atoms with Gasteiger partial charge in [0.25, 0.3) is 0 Å². The number of benzene rings is 1. The van der Waals surface area contributed by atoms with Crippen molar-refractivity contribution >= 4 is 41.4 Å². The number of carbonyl (C=O) groups is 3. The number of alkyl halides is 2. The molecule has 0 spiro atoms. The fourth-order valence-electron chi connectivity index (χ4n) is 3.67. The number of carboxylic acids is 1. The van der Waals surface area contributed by atoms with E-state index in [4.69, 9.17) is 32.7 Å². The van der Waals surface area contributed by atoms with Crippen molar-refractivity contribution in [3.05, 3.63) is 29.3 Å².